The number of aromatic nitrogens is 3. The van der Waals surface area contributed by atoms with E-state index in [2.05, 4.69) is 20.4 Å². The Morgan fingerprint density at radius 1 is 1.22 bits per heavy atom. The van der Waals surface area contributed by atoms with Crippen LogP contribution in [-0.2, 0) is 0 Å². The summed E-state index contributed by atoms with van der Waals surface area (Å²) in [6.07, 6.45) is 3.12. The van der Waals surface area contributed by atoms with Gasteiger partial charge in [0.2, 0.25) is 0 Å². The van der Waals surface area contributed by atoms with Crippen LogP contribution in [0.5, 0.6) is 0 Å². The molecule has 3 rings (SSSR count). The van der Waals surface area contributed by atoms with E-state index in [1.54, 1.807) is 6.20 Å². The van der Waals surface area contributed by atoms with Gasteiger partial charge in [-0.1, -0.05) is 30.0 Å². The van der Waals surface area contributed by atoms with Gasteiger partial charge < -0.3 is 0 Å². The normalized spacial score (nSPS) is 10.4. The molecule has 0 aliphatic carbocycles. The molecule has 86 valence electrons. The third kappa shape index (κ3) is 1.94. The highest BCUT2D eigenvalue weighted by molar-refractivity contribution is 8.01. The lowest BCUT2D eigenvalue weighted by atomic mass is 10.2. The van der Waals surface area contributed by atoms with Gasteiger partial charge in [-0.15, -0.1) is 0 Å². The summed E-state index contributed by atoms with van der Waals surface area (Å²) in [6.45, 7) is 0. The van der Waals surface area contributed by atoms with Crippen LogP contribution in [0.15, 0.2) is 46.0 Å². The monoisotopic (exact) mass is 270 g/mol. The van der Waals surface area contributed by atoms with Crippen molar-refractivity contribution in [2.24, 2.45) is 0 Å². The van der Waals surface area contributed by atoms with Crippen LogP contribution >= 0.6 is 23.3 Å². The number of benzene rings is 1. The maximum absolute atomic E-state index is 9.17. The zero-order chi connectivity index (χ0) is 12.4. The Morgan fingerprint density at radius 2 is 2.11 bits per heavy atom. The SMILES string of the molecule is N#Cc1cnc2ccccc2c1Sc1ncns1. The van der Waals surface area contributed by atoms with Gasteiger partial charge in [-0.2, -0.15) is 9.64 Å². The van der Waals surface area contributed by atoms with E-state index in [0.29, 0.717) is 5.56 Å². The highest BCUT2D eigenvalue weighted by atomic mass is 32.2. The lowest BCUT2D eigenvalue weighted by Crippen LogP contribution is -1.87. The molecule has 1 aromatic carbocycles. The molecule has 4 nitrogen and oxygen atoms in total. The topological polar surface area (TPSA) is 62.5 Å². The van der Waals surface area contributed by atoms with Gasteiger partial charge in [0.1, 0.15) is 12.4 Å². The van der Waals surface area contributed by atoms with Crippen molar-refractivity contribution in [3.8, 4) is 6.07 Å². The second-order valence-corrected chi connectivity index (χ2v) is 5.48. The average molecular weight is 270 g/mol. The molecular formula is C12H6N4S2. The van der Waals surface area contributed by atoms with E-state index >= 15 is 0 Å². The van der Waals surface area contributed by atoms with Gasteiger partial charge in [0.15, 0.2) is 4.34 Å². The minimum Gasteiger partial charge on any atom is -0.255 e. The number of pyridine rings is 1. The molecular weight excluding hydrogens is 264 g/mol. The van der Waals surface area contributed by atoms with Crippen LogP contribution in [0, 0.1) is 11.3 Å². The van der Waals surface area contributed by atoms with Crippen molar-refractivity contribution in [3.63, 3.8) is 0 Å². The maximum Gasteiger partial charge on any atom is 0.174 e. The van der Waals surface area contributed by atoms with Gasteiger partial charge in [-0.05, 0) is 17.6 Å². The molecule has 0 unspecified atom stereocenters. The molecule has 3 aromatic rings. The van der Waals surface area contributed by atoms with Gasteiger partial charge in [0.25, 0.3) is 0 Å². The summed E-state index contributed by atoms with van der Waals surface area (Å²) >= 11 is 2.77. The van der Waals surface area contributed by atoms with Gasteiger partial charge in [0.05, 0.1) is 11.1 Å². The van der Waals surface area contributed by atoms with Crippen LogP contribution < -0.4 is 0 Å². The number of nitriles is 1. The summed E-state index contributed by atoms with van der Waals surface area (Å²) in [4.78, 5) is 9.30. The van der Waals surface area contributed by atoms with Crippen molar-refractivity contribution in [2.75, 3.05) is 0 Å². The zero-order valence-corrected chi connectivity index (χ0v) is 10.7. The van der Waals surface area contributed by atoms with Crippen LogP contribution in [-0.4, -0.2) is 14.3 Å². The van der Waals surface area contributed by atoms with E-state index < -0.39 is 0 Å². The fourth-order valence-electron chi connectivity index (χ4n) is 1.60. The number of hydrogen-bond acceptors (Lipinski definition) is 6. The summed E-state index contributed by atoms with van der Waals surface area (Å²) in [5.74, 6) is 0. The molecule has 0 aliphatic heterocycles. The minimum atomic E-state index is 0.564. The van der Waals surface area contributed by atoms with E-state index in [4.69, 9.17) is 0 Å². The summed E-state index contributed by atoms with van der Waals surface area (Å²) in [7, 11) is 0. The molecule has 0 spiro atoms. The Bertz CT molecular complexity index is 731. The molecule has 0 atom stereocenters. The van der Waals surface area contributed by atoms with Gasteiger partial charge in [0, 0.05) is 16.5 Å². The zero-order valence-electron chi connectivity index (χ0n) is 9.07. The molecule has 2 heterocycles. The van der Waals surface area contributed by atoms with Gasteiger partial charge in [-0.25, -0.2) is 4.98 Å². The Labute approximate surface area is 111 Å². The van der Waals surface area contributed by atoms with Crippen LogP contribution in [0.2, 0.25) is 0 Å². The molecule has 6 heteroatoms. The predicted octanol–water partition coefficient (Wildman–Crippen LogP) is 3.11. The first-order chi connectivity index (χ1) is 8.88. The maximum atomic E-state index is 9.17. The van der Waals surface area contributed by atoms with Crippen molar-refractivity contribution in [1.29, 1.82) is 5.26 Å². The summed E-state index contributed by atoms with van der Waals surface area (Å²) < 4.78 is 4.79. The smallest absolute Gasteiger partial charge is 0.174 e. The van der Waals surface area contributed by atoms with Crippen LogP contribution in [0.1, 0.15) is 5.56 Å². The molecule has 0 aliphatic rings. The fourth-order valence-corrected chi connectivity index (χ4v) is 3.17. The minimum absolute atomic E-state index is 0.564. The molecule has 0 saturated heterocycles. The van der Waals surface area contributed by atoms with E-state index in [0.717, 1.165) is 20.1 Å². The number of nitrogens with zero attached hydrogens (tertiary/aromatic N) is 4. The molecule has 0 fully saturated rings. The standard InChI is InChI=1S/C12H6N4S2/c13-5-8-6-14-10-4-2-1-3-9(10)11(8)17-12-15-7-16-18-12/h1-4,6-7H. The molecule has 0 amide bonds. The van der Waals surface area contributed by atoms with E-state index in [-0.39, 0.29) is 0 Å². The molecule has 2 aromatic heterocycles. The Kier molecular flexibility index (Phi) is 2.92. The van der Waals surface area contributed by atoms with Crippen molar-refractivity contribution in [3.05, 3.63) is 42.4 Å². The number of rotatable bonds is 2. The highest BCUT2D eigenvalue weighted by Crippen LogP contribution is 2.35. The Balaban J connectivity index is 2.21. The lowest BCUT2D eigenvalue weighted by Gasteiger charge is -2.05. The van der Waals surface area contributed by atoms with Crippen LogP contribution in [0.3, 0.4) is 0 Å². The van der Waals surface area contributed by atoms with Crippen molar-refractivity contribution in [2.45, 2.75) is 9.24 Å². The Morgan fingerprint density at radius 3 is 2.89 bits per heavy atom. The molecule has 0 N–H and O–H groups in total. The number of para-hydroxylation sites is 1. The first kappa shape index (κ1) is 11.1. The first-order valence-corrected chi connectivity index (χ1v) is 6.70. The highest BCUT2D eigenvalue weighted by Gasteiger charge is 2.11. The van der Waals surface area contributed by atoms with Crippen molar-refractivity contribution in [1.82, 2.24) is 14.3 Å². The quantitative estimate of drug-likeness (QED) is 0.716. The third-order valence-electron chi connectivity index (χ3n) is 2.38. The largest absolute Gasteiger partial charge is 0.255 e. The molecule has 18 heavy (non-hydrogen) atoms. The third-order valence-corrected chi connectivity index (χ3v) is 4.24. The van der Waals surface area contributed by atoms with Crippen molar-refractivity contribution < 1.29 is 0 Å². The molecule has 0 saturated carbocycles. The summed E-state index contributed by atoms with van der Waals surface area (Å²) in [6, 6.07) is 9.94. The van der Waals surface area contributed by atoms with E-state index in [1.807, 2.05) is 24.3 Å². The summed E-state index contributed by atoms with van der Waals surface area (Å²) in [5.41, 5.74) is 1.44. The second kappa shape index (κ2) is 4.72. The van der Waals surface area contributed by atoms with Gasteiger partial charge >= 0.3 is 0 Å². The van der Waals surface area contributed by atoms with E-state index in [9.17, 15) is 5.26 Å². The van der Waals surface area contributed by atoms with Gasteiger partial charge in [-0.3, -0.25) is 4.98 Å². The summed E-state index contributed by atoms with van der Waals surface area (Å²) in [5, 5.41) is 10.1. The fraction of sp³-hybridized carbons (Fsp3) is 0. The molecule has 0 radical (unpaired) electrons. The number of hydrogen-bond donors (Lipinski definition) is 0. The van der Waals surface area contributed by atoms with E-state index in [1.165, 1.54) is 29.6 Å². The molecule has 0 bridgehead atoms. The first-order valence-electron chi connectivity index (χ1n) is 5.11. The number of fused-ring (bicyclic) bond motifs is 1. The average Bonchev–Trinajstić information content (AvgIpc) is 2.92. The van der Waals surface area contributed by atoms with Crippen LogP contribution in [0.25, 0.3) is 10.9 Å². The second-order valence-electron chi connectivity index (χ2n) is 3.44. The van der Waals surface area contributed by atoms with Crippen LogP contribution in [0.4, 0.5) is 0 Å². The predicted molar refractivity (Wildman–Crippen MR) is 70.5 cm³/mol. The van der Waals surface area contributed by atoms with Crippen molar-refractivity contribution >= 4 is 34.2 Å². The lowest BCUT2D eigenvalue weighted by molar-refractivity contribution is 1.21. The Hall–Kier alpha value is -1.97.